The predicted molar refractivity (Wildman–Crippen MR) is 118 cm³/mol. The maximum Gasteiger partial charge on any atom is 0.238 e. The summed E-state index contributed by atoms with van der Waals surface area (Å²) in [7, 11) is -3.63. The van der Waals surface area contributed by atoms with Crippen LogP contribution in [0.3, 0.4) is 0 Å². The Labute approximate surface area is 178 Å². The van der Waals surface area contributed by atoms with Crippen molar-refractivity contribution in [3.05, 3.63) is 95.6 Å². The lowest BCUT2D eigenvalue weighted by Gasteiger charge is -2.09. The van der Waals surface area contributed by atoms with Crippen LogP contribution in [0.5, 0.6) is 5.75 Å². The molecule has 3 N–H and O–H groups in total. The number of benzene rings is 3. The Balaban J connectivity index is 0.00000300. The molecular weight excluding hydrogens is 408 g/mol. The van der Waals surface area contributed by atoms with Gasteiger partial charge in [-0.3, -0.25) is 0 Å². The quantitative estimate of drug-likeness (QED) is 0.505. The number of nitrogens with two attached hydrogens (primary N) is 1. The number of ether oxygens (including phenoxy) is 1. The minimum atomic E-state index is -3.63. The van der Waals surface area contributed by atoms with E-state index in [1.807, 2.05) is 54.6 Å². The van der Waals surface area contributed by atoms with Gasteiger partial charge in [-0.25, -0.2) is 13.6 Å². The summed E-state index contributed by atoms with van der Waals surface area (Å²) in [4.78, 5) is 0.138. The van der Waals surface area contributed by atoms with E-state index in [0.29, 0.717) is 6.61 Å². The minimum Gasteiger partial charge on any atom is -0.489 e. The van der Waals surface area contributed by atoms with E-state index in [1.165, 1.54) is 5.56 Å². The van der Waals surface area contributed by atoms with E-state index in [-0.39, 0.29) is 17.3 Å². The fourth-order valence-electron chi connectivity index (χ4n) is 2.76. The molecule has 0 saturated carbocycles. The molecular formula is C22H25ClN2O3S. The van der Waals surface area contributed by atoms with E-state index >= 15 is 0 Å². The molecule has 0 amide bonds. The lowest BCUT2D eigenvalue weighted by molar-refractivity contribution is 0.306. The van der Waals surface area contributed by atoms with Gasteiger partial charge >= 0.3 is 0 Å². The Morgan fingerprint density at radius 2 is 1.41 bits per heavy atom. The topological polar surface area (TPSA) is 81.4 Å². The molecule has 0 bridgehead atoms. The molecule has 3 aromatic carbocycles. The van der Waals surface area contributed by atoms with Gasteiger partial charge in [-0.2, -0.15) is 0 Å². The molecule has 154 valence electrons. The Morgan fingerprint density at radius 3 is 2.03 bits per heavy atom. The Morgan fingerprint density at radius 1 is 0.793 bits per heavy atom. The Kier molecular flexibility index (Phi) is 8.67. The van der Waals surface area contributed by atoms with E-state index in [1.54, 1.807) is 24.3 Å². The Bertz CT molecular complexity index is 977. The Hall–Kier alpha value is -2.38. The highest BCUT2D eigenvalue weighted by Crippen LogP contribution is 2.14. The van der Waals surface area contributed by atoms with Crippen LogP contribution < -0.4 is 15.2 Å². The van der Waals surface area contributed by atoms with Crippen molar-refractivity contribution >= 4 is 22.4 Å². The monoisotopic (exact) mass is 432 g/mol. The van der Waals surface area contributed by atoms with Crippen molar-refractivity contribution in [3.63, 3.8) is 0 Å². The highest BCUT2D eigenvalue weighted by molar-refractivity contribution is 7.89. The van der Waals surface area contributed by atoms with E-state index in [9.17, 15) is 8.42 Å². The second-order valence-corrected chi connectivity index (χ2v) is 8.10. The molecule has 0 fully saturated rings. The molecule has 0 aliphatic rings. The van der Waals surface area contributed by atoms with E-state index < -0.39 is 10.0 Å². The van der Waals surface area contributed by atoms with Crippen molar-refractivity contribution in [2.24, 2.45) is 5.14 Å². The largest absolute Gasteiger partial charge is 0.489 e. The summed E-state index contributed by atoms with van der Waals surface area (Å²) >= 11 is 0. The first-order valence-corrected chi connectivity index (χ1v) is 10.6. The number of sulfonamides is 1. The fraction of sp³-hybridized carbons (Fsp3) is 0.182. The van der Waals surface area contributed by atoms with E-state index in [4.69, 9.17) is 9.88 Å². The second-order valence-electron chi connectivity index (χ2n) is 6.53. The summed E-state index contributed by atoms with van der Waals surface area (Å²) in [6.07, 6.45) is 0.809. The molecule has 0 saturated heterocycles. The number of halogens is 1. The lowest BCUT2D eigenvalue weighted by Crippen LogP contribution is -2.17. The van der Waals surface area contributed by atoms with Crippen LogP contribution in [-0.4, -0.2) is 15.0 Å². The molecule has 3 rings (SSSR count). The van der Waals surface area contributed by atoms with Crippen molar-refractivity contribution in [2.45, 2.75) is 24.5 Å². The van der Waals surface area contributed by atoms with Gasteiger partial charge in [0, 0.05) is 6.54 Å². The van der Waals surface area contributed by atoms with Crippen LogP contribution in [0.25, 0.3) is 0 Å². The first kappa shape index (κ1) is 22.9. The molecule has 0 spiro atoms. The van der Waals surface area contributed by atoms with Gasteiger partial charge in [-0.1, -0.05) is 54.6 Å². The summed E-state index contributed by atoms with van der Waals surface area (Å²) < 4.78 is 28.3. The molecule has 0 aromatic heterocycles. The molecule has 0 aliphatic heterocycles. The highest BCUT2D eigenvalue weighted by Gasteiger charge is 2.06. The zero-order valence-corrected chi connectivity index (χ0v) is 17.6. The van der Waals surface area contributed by atoms with Crippen LogP contribution in [-0.2, 0) is 29.6 Å². The molecule has 7 heteroatoms. The van der Waals surface area contributed by atoms with Crippen molar-refractivity contribution in [1.29, 1.82) is 0 Å². The standard InChI is InChI=1S/C22H24N2O3S.ClH/c23-28(25,26)22-12-8-18(9-13-22)14-15-24-16-19-6-10-21(11-7-19)27-17-20-4-2-1-3-5-20;/h1-13,24H,14-17H2,(H2,23,25,26);1H. The highest BCUT2D eigenvalue weighted by atomic mass is 35.5. The van der Waals surface area contributed by atoms with Gasteiger partial charge in [0.2, 0.25) is 10.0 Å². The van der Waals surface area contributed by atoms with Crippen LogP contribution in [0.4, 0.5) is 0 Å². The van der Waals surface area contributed by atoms with Gasteiger partial charge in [0.15, 0.2) is 0 Å². The molecule has 0 atom stereocenters. The number of hydrogen-bond donors (Lipinski definition) is 2. The van der Waals surface area contributed by atoms with Gasteiger partial charge in [0.1, 0.15) is 12.4 Å². The third-order valence-corrected chi connectivity index (χ3v) is 5.27. The van der Waals surface area contributed by atoms with Gasteiger partial charge in [-0.05, 0) is 53.9 Å². The second kappa shape index (κ2) is 11.0. The van der Waals surface area contributed by atoms with E-state index in [2.05, 4.69) is 5.32 Å². The summed E-state index contributed by atoms with van der Waals surface area (Å²) in [6, 6.07) is 24.8. The number of rotatable bonds is 9. The van der Waals surface area contributed by atoms with Gasteiger partial charge < -0.3 is 10.1 Å². The molecule has 5 nitrogen and oxygen atoms in total. The zero-order chi connectivity index (χ0) is 19.8. The average Bonchev–Trinajstić information content (AvgIpc) is 2.71. The number of nitrogens with one attached hydrogen (secondary N) is 1. The van der Waals surface area contributed by atoms with Crippen molar-refractivity contribution < 1.29 is 13.2 Å². The molecule has 0 heterocycles. The average molecular weight is 433 g/mol. The van der Waals surface area contributed by atoms with Crippen molar-refractivity contribution in [1.82, 2.24) is 5.32 Å². The fourth-order valence-corrected chi connectivity index (χ4v) is 3.27. The normalized spacial score (nSPS) is 10.9. The first-order valence-electron chi connectivity index (χ1n) is 9.09. The van der Waals surface area contributed by atoms with Crippen LogP contribution in [0.2, 0.25) is 0 Å². The van der Waals surface area contributed by atoms with Gasteiger partial charge in [-0.15, -0.1) is 12.4 Å². The van der Waals surface area contributed by atoms with Crippen molar-refractivity contribution in [2.75, 3.05) is 6.54 Å². The third kappa shape index (κ3) is 7.51. The van der Waals surface area contributed by atoms with Gasteiger partial charge in [0.25, 0.3) is 0 Å². The zero-order valence-electron chi connectivity index (χ0n) is 16.0. The smallest absolute Gasteiger partial charge is 0.238 e. The van der Waals surface area contributed by atoms with Crippen LogP contribution in [0.15, 0.2) is 83.8 Å². The van der Waals surface area contributed by atoms with Crippen LogP contribution in [0, 0.1) is 0 Å². The molecule has 3 aromatic rings. The summed E-state index contributed by atoms with van der Waals surface area (Å²) in [6.45, 7) is 2.11. The molecule has 0 unspecified atom stereocenters. The first-order chi connectivity index (χ1) is 13.5. The maximum absolute atomic E-state index is 11.3. The number of primary sulfonamides is 1. The summed E-state index contributed by atoms with van der Waals surface area (Å²) in [5, 5.41) is 8.49. The SMILES string of the molecule is Cl.NS(=O)(=O)c1ccc(CCNCc2ccc(OCc3ccccc3)cc2)cc1. The van der Waals surface area contributed by atoms with Crippen LogP contribution >= 0.6 is 12.4 Å². The van der Waals surface area contributed by atoms with E-state index in [0.717, 1.165) is 36.4 Å². The molecule has 29 heavy (non-hydrogen) atoms. The summed E-state index contributed by atoms with van der Waals surface area (Å²) in [5.74, 6) is 0.850. The minimum absolute atomic E-state index is 0. The van der Waals surface area contributed by atoms with Gasteiger partial charge in [0.05, 0.1) is 4.90 Å². The predicted octanol–water partition coefficient (Wildman–Crippen LogP) is 3.67. The maximum atomic E-state index is 11.3. The third-order valence-electron chi connectivity index (χ3n) is 4.34. The molecule has 0 aliphatic carbocycles. The van der Waals surface area contributed by atoms with Crippen molar-refractivity contribution in [3.8, 4) is 5.75 Å². The van der Waals surface area contributed by atoms with Crippen LogP contribution in [0.1, 0.15) is 16.7 Å². The number of hydrogen-bond acceptors (Lipinski definition) is 4. The lowest BCUT2D eigenvalue weighted by atomic mass is 10.1. The molecule has 0 radical (unpaired) electrons. The summed E-state index contributed by atoms with van der Waals surface area (Å²) in [5.41, 5.74) is 3.38.